The summed E-state index contributed by atoms with van der Waals surface area (Å²) >= 11 is 0. The standard InChI is InChI=1S/C7H11N3O/c1-9(2)5-6-4-8-10(3)7(6)11/h4-5H,1-3H3/b6-5+. The molecule has 0 saturated heterocycles. The first-order chi connectivity index (χ1) is 5.11. The van der Waals surface area contributed by atoms with E-state index in [1.165, 1.54) is 5.01 Å². The van der Waals surface area contributed by atoms with E-state index in [2.05, 4.69) is 5.10 Å². The highest BCUT2D eigenvalue weighted by molar-refractivity contribution is 6.15. The Hall–Kier alpha value is -1.32. The third-order valence-electron chi connectivity index (χ3n) is 1.31. The van der Waals surface area contributed by atoms with Crippen LogP contribution in [-0.4, -0.2) is 43.2 Å². The van der Waals surface area contributed by atoms with E-state index in [1.807, 2.05) is 19.0 Å². The molecule has 0 spiro atoms. The molecule has 0 radical (unpaired) electrons. The molecule has 0 aromatic carbocycles. The Bertz CT molecular complexity index is 230. The maximum Gasteiger partial charge on any atom is 0.276 e. The van der Waals surface area contributed by atoms with Crippen LogP contribution in [-0.2, 0) is 4.79 Å². The van der Waals surface area contributed by atoms with Gasteiger partial charge in [0.2, 0.25) is 0 Å². The van der Waals surface area contributed by atoms with Gasteiger partial charge in [0.25, 0.3) is 5.91 Å². The molecule has 0 aromatic heterocycles. The van der Waals surface area contributed by atoms with Crippen LogP contribution in [0.3, 0.4) is 0 Å². The summed E-state index contributed by atoms with van der Waals surface area (Å²) in [5.74, 6) is -0.0568. The van der Waals surface area contributed by atoms with Gasteiger partial charge >= 0.3 is 0 Å². The van der Waals surface area contributed by atoms with Crippen LogP contribution in [0.15, 0.2) is 16.9 Å². The van der Waals surface area contributed by atoms with Gasteiger partial charge in [0, 0.05) is 27.3 Å². The second kappa shape index (κ2) is 2.74. The Kier molecular flexibility index (Phi) is 1.94. The highest BCUT2D eigenvalue weighted by Gasteiger charge is 2.18. The molecule has 4 heteroatoms. The van der Waals surface area contributed by atoms with Gasteiger partial charge in [-0.2, -0.15) is 5.10 Å². The fourth-order valence-corrected chi connectivity index (χ4v) is 0.810. The number of hydrogen-bond acceptors (Lipinski definition) is 3. The van der Waals surface area contributed by atoms with Crippen LogP contribution in [0.1, 0.15) is 0 Å². The van der Waals surface area contributed by atoms with Crippen LogP contribution < -0.4 is 0 Å². The first kappa shape index (κ1) is 7.78. The zero-order valence-electron chi connectivity index (χ0n) is 6.90. The molecule has 0 aliphatic carbocycles. The van der Waals surface area contributed by atoms with E-state index in [-0.39, 0.29) is 5.91 Å². The Balaban J connectivity index is 2.78. The first-order valence-electron chi connectivity index (χ1n) is 3.31. The van der Waals surface area contributed by atoms with Crippen LogP contribution >= 0.6 is 0 Å². The summed E-state index contributed by atoms with van der Waals surface area (Å²) in [6.45, 7) is 0. The van der Waals surface area contributed by atoms with E-state index >= 15 is 0 Å². The van der Waals surface area contributed by atoms with Crippen molar-refractivity contribution in [3.8, 4) is 0 Å². The van der Waals surface area contributed by atoms with Crippen molar-refractivity contribution in [1.82, 2.24) is 9.91 Å². The van der Waals surface area contributed by atoms with E-state index in [9.17, 15) is 4.79 Å². The normalized spacial score (nSPS) is 20.1. The Morgan fingerprint density at radius 1 is 1.64 bits per heavy atom. The summed E-state index contributed by atoms with van der Waals surface area (Å²) in [4.78, 5) is 13.0. The van der Waals surface area contributed by atoms with E-state index in [1.54, 1.807) is 19.5 Å². The lowest BCUT2D eigenvalue weighted by Gasteiger charge is -2.05. The number of amides is 1. The minimum absolute atomic E-state index is 0.0568. The molecule has 0 aromatic rings. The molecule has 0 unspecified atom stereocenters. The van der Waals surface area contributed by atoms with Gasteiger partial charge in [-0.3, -0.25) is 4.79 Å². The molecule has 0 fully saturated rings. The molecule has 0 N–H and O–H groups in total. The monoisotopic (exact) mass is 153 g/mol. The lowest BCUT2D eigenvalue weighted by molar-refractivity contribution is -0.124. The fourth-order valence-electron chi connectivity index (χ4n) is 0.810. The van der Waals surface area contributed by atoms with Crippen molar-refractivity contribution in [2.24, 2.45) is 5.10 Å². The van der Waals surface area contributed by atoms with Crippen LogP contribution in [0.25, 0.3) is 0 Å². The number of carbonyl (C=O) groups excluding carboxylic acids is 1. The average molecular weight is 153 g/mol. The molecule has 1 amide bonds. The summed E-state index contributed by atoms with van der Waals surface area (Å²) in [6.07, 6.45) is 3.30. The van der Waals surface area contributed by atoms with Crippen molar-refractivity contribution < 1.29 is 4.79 Å². The van der Waals surface area contributed by atoms with E-state index in [4.69, 9.17) is 0 Å². The van der Waals surface area contributed by atoms with Gasteiger partial charge < -0.3 is 4.90 Å². The molecule has 1 heterocycles. The van der Waals surface area contributed by atoms with Crippen LogP contribution in [0, 0.1) is 0 Å². The molecule has 0 bridgehead atoms. The quantitative estimate of drug-likeness (QED) is 0.493. The molecular weight excluding hydrogens is 142 g/mol. The number of likely N-dealkylation sites (N-methyl/N-ethyl adjacent to an activating group) is 1. The van der Waals surface area contributed by atoms with Crippen molar-refractivity contribution in [2.75, 3.05) is 21.1 Å². The summed E-state index contributed by atoms with van der Waals surface area (Å²) < 4.78 is 0. The van der Waals surface area contributed by atoms with Gasteiger partial charge in [-0.25, -0.2) is 5.01 Å². The highest BCUT2D eigenvalue weighted by Crippen LogP contribution is 2.05. The van der Waals surface area contributed by atoms with Gasteiger partial charge in [-0.1, -0.05) is 0 Å². The fraction of sp³-hybridized carbons (Fsp3) is 0.429. The predicted molar refractivity (Wildman–Crippen MR) is 43.0 cm³/mol. The predicted octanol–water partition coefficient (Wildman–Crippen LogP) is -0.110. The van der Waals surface area contributed by atoms with E-state index in [0.29, 0.717) is 5.57 Å². The summed E-state index contributed by atoms with van der Waals surface area (Å²) in [5, 5.41) is 5.13. The molecule has 0 atom stereocenters. The van der Waals surface area contributed by atoms with Crippen molar-refractivity contribution in [3.63, 3.8) is 0 Å². The van der Waals surface area contributed by atoms with Crippen molar-refractivity contribution in [1.29, 1.82) is 0 Å². The topological polar surface area (TPSA) is 35.9 Å². The third-order valence-corrected chi connectivity index (χ3v) is 1.31. The number of hydrogen-bond donors (Lipinski definition) is 0. The Morgan fingerprint density at radius 2 is 2.27 bits per heavy atom. The number of nitrogens with zero attached hydrogens (tertiary/aromatic N) is 3. The van der Waals surface area contributed by atoms with E-state index in [0.717, 1.165) is 0 Å². The summed E-state index contributed by atoms with van der Waals surface area (Å²) in [7, 11) is 5.37. The molecule has 1 rings (SSSR count). The largest absolute Gasteiger partial charge is 0.383 e. The second-order valence-corrected chi connectivity index (χ2v) is 2.62. The lowest BCUT2D eigenvalue weighted by Crippen LogP contribution is -2.17. The highest BCUT2D eigenvalue weighted by atomic mass is 16.2. The van der Waals surface area contributed by atoms with Gasteiger partial charge in [-0.15, -0.1) is 0 Å². The summed E-state index contributed by atoms with van der Waals surface area (Å²) in [6, 6.07) is 0. The van der Waals surface area contributed by atoms with Gasteiger partial charge in [0.1, 0.15) is 0 Å². The molecular formula is C7H11N3O. The molecule has 60 valence electrons. The van der Waals surface area contributed by atoms with Gasteiger partial charge in [-0.05, 0) is 0 Å². The van der Waals surface area contributed by atoms with E-state index < -0.39 is 0 Å². The summed E-state index contributed by atoms with van der Waals surface area (Å²) in [5.41, 5.74) is 0.623. The maximum absolute atomic E-state index is 11.1. The molecule has 1 aliphatic heterocycles. The number of carbonyl (C=O) groups is 1. The zero-order valence-corrected chi connectivity index (χ0v) is 6.90. The average Bonchev–Trinajstić information content (AvgIpc) is 2.18. The van der Waals surface area contributed by atoms with Gasteiger partial charge in [0.15, 0.2) is 0 Å². The Morgan fingerprint density at radius 3 is 2.64 bits per heavy atom. The Labute approximate surface area is 65.8 Å². The first-order valence-corrected chi connectivity index (χ1v) is 3.31. The molecule has 4 nitrogen and oxygen atoms in total. The smallest absolute Gasteiger partial charge is 0.276 e. The zero-order chi connectivity index (χ0) is 8.43. The molecule has 1 aliphatic rings. The minimum Gasteiger partial charge on any atom is -0.383 e. The SMILES string of the molecule is CN(C)/C=C1\C=NN(C)C1=O. The van der Waals surface area contributed by atoms with Crippen LogP contribution in [0.5, 0.6) is 0 Å². The van der Waals surface area contributed by atoms with Crippen LogP contribution in [0.4, 0.5) is 0 Å². The van der Waals surface area contributed by atoms with Crippen molar-refractivity contribution in [3.05, 3.63) is 11.8 Å². The van der Waals surface area contributed by atoms with Crippen molar-refractivity contribution >= 4 is 12.1 Å². The molecule has 0 saturated carbocycles. The van der Waals surface area contributed by atoms with Gasteiger partial charge in [0.05, 0.1) is 11.8 Å². The molecule has 11 heavy (non-hydrogen) atoms. The lowest BCUT2D eigenvalue weighted by atomic mass is 10.3. The minimum atomic E-state index is -0.0568. The van der Waals surface area contributed by atoms with Crippen molar-refractivity contribution in [2.45, 2.75) is 0 Å². The third kappa shape index (κ3) is 1.58. The number of hydrazone groups is 1. The number of rotatable bonds is 1. The second-order valence-electron chi connectivity index (χ2n) is 2.62. The maximum atomic E-state index is 11.1. The van der Waals surface area contributed by atoms with Crippen LogP contribution in [0.2, 0.25) is 0 Å².